The summed E-state index contributed by atoms with van der Waals surface area (Å²) in [5.74, 6) is -2.88. The van der Waals surface area contributed by atoms with Crippen LogP contribution in [0.1, 0.15) is 15.9 Å². The van der Waals surface area contributed by atoms with Crippen LogP contribution in [0.5, 0.6) is 0 Å². The van der Waals surface area contributed by atoms with Crippen LogP contribution in [-0.2, 0) is 9.59 Å². The van der Waals surface area contributed by atoms with Gasteiger partial charge in [-0.3, -0.25) is 14.4 Å². The molecule has 3 aromatic rings. The lowest BCUT2D eigenvalue weighted by Gasteiger charge is -2.11. The molecule has 0 saturated heterocycles. The molecule has 0 atom stereocenters. The van der Waals surface area contributed by atoms with Crippen molar-refractivity contribution in [3.8, 4) is 0 Å². The van der Waals surface area contributed by atoms with E-state index >= 15 is 0 Å². The van der Waals surface area contributed by atoms with Gasteiger partial charge in [0.15, 0.2) is 0 Å². The quantitative estimate of drug-likeness (QED) is 0.291. The highest BCUT2D eigenvalue weighted by Gasteiger charge is 2.17. The Balaban J connectivity index is 1.63. The van der Waals surface area contributed by atoms with E-state index in [1.807, 2.05) is 0 Å². The van der Waals surface area contributed by atoms with Crippen molar-refractivity contribution in [3.05, 3.63) is 94.2 Å². The molecule has 0 spiro atoms. The van der Waals surface area contributed by atoms with Crippen molar-refractivity contribution < 1.29 is 18.8 Å². The van der Waals surface area contributed by atoms with Crippen molar-refractivity contribution in [2.45, 2.75) is 0 Å². The summed E-state index contributed by atoms with van der Waals surface area (Å²) >= 11 is 3.32. The second-order valence-electron chi connectivity index (χ2n) is 6.21. The van der Waals surface area contributed by atoms with E-state index in [-0.39, 0.29) is 11.3 Å². The lowest BCUT2D eigenvalue weighted by Crippen LogP contribution is -2.33. The number of halogens is 2. The van der Waals surface area contributed by atoms with Gasteiger partial charge in [0, 0.05) is 10.2 Å². The summed E-state index contributed by atoms with van der Waals surface area (Å²) in [6.07, 6.45) is 1.27. The van der Waals surface area contributed by atoms with Crippen molar-refractivity contribution in [2.75, 3.05) is 10.6 Å². The zero-order valence-corrected chi connectivity index (χ0v) is 17.5. The summed E-state index contributed by atoms with van der Waals surface area (Å²) < 4.78 is 13.7. The van der Waals surface area contributed by atoms with Crippen LogP contribution in [0.25, 0.3) is 0 Å². The molecule has 3 aromatic carbocycles. The van der Waals surface area contributed by atoms with Gasteiger partial charge in [0.1, 0.15) is 5.82 Å². The summed E-state index contributed by atoms with van der Waals surface area (Å²) in [5, 5.41) is 8.79. The van der Waals surface area contributed by atoms with E-state index in [0.717, 1.165) is 4.47 Å². The number of para-hydroxylation sites is 1. The first-order valence-corrected chi connectivity index (χ1v) is 9.77. The fraction of sp³-hybridized carbons (Fsp3) is 0. The standard InChI is InChI=1S/C22H16BrFN4O3/c23-15-7-11-17(12-8-15)26-20(29)18-3-1-2-4-19(18)27-21(30)22(31)28-25-13-14-5-9-16(24)10-6-14/h1-13H,(H,26,29)(H,27,30)(H,28,31)/b25-13+. The van der Waals surface area contributed by atoms with Gasteiger partial charge >= 0.3 is 11.8 Å². The summed E-state index contributed by atoms with van der Waals surface area (Å²) in [5.41, 5.74) is 3.54. The Hall–Kier alpha value is -3.85. The lowest BCUT2D eigenvalue weighted by molar-refractivity contribution is -0.136. The molecule has 0 saturated carbocycles. The largest absolute Gasteiger partial charge is 0.329 e. The van der Waals surface area contributed by atoms with Crippen LogP contribution in [0.2, 0.25) is 0 Å². The number of carbonyl (C=O) groups is 3. The first-order valence-electron chi connectivity index (χ1n) is 8.98. The molecule has 156 valence electrons. The molecule has 0 radical (unpaired) electrons. The maximum absolute atomic E-state index is 12.9. The van der Waals surface area contributed by atoms with Gasteiger partial charge < -0.3 is 10.6 Å². The van der Waals surface area contributed by atoms with Crippen molar-refractivity contribution in [2.24, 2.45) is 5.10 Å². The number of hydrogen-bond donors (Lipinski definition) is 3. The van der Waals surface area contributed by atoms with Crippen LogP contribution in [0, 0.1) is 5.82 Å². The fourth-order valence-electron chi connectivity index (χ4n) is 2.47. The third-order valence-corrected chi connectivity index (χ3v) is 4.51. The van der Waals surface area contributed by atoms with Crippen LogP contribution >= 0.6 is 15.9 Å². The van der Waals surface area contributed by atoms with E-state index < -0.39 is 23.5 Å². The number of nitrogens with zero attached hydrogens (tertiary/aromatic N) is 1. The van der Waals surface area contributed by atoms with Gasteiger partial charge in [0.05, 0.1) is 17.5 Å². The van der Waals surface area contributed by atoms with Crippen LogP contribution < -0.4 is 16.1 Å². The van der Waals surface area contributed by atoms with Gasteiger partial charge in [0.2, 0.25) is 0 Å². The molecule has 31 heavy (non-hydrogen) atoms. The highest BCUT2D eigenvalue weighted by Crippen LogP contribution is 2.19. The first kappa shape index (κ1) is 21.8. The summed E-state index contributed by atoms with van der Waals surface area (Å²) in [6, 6.07) is 18.7. The van der Waals surface area contributed by atoms with E-state index in [4.69, 9.17) is 0 Å². The maximum atomic E-state index is 12.9. The average Bonchev–Trinajstić information content (AvgIpc) is 2.77. The second-order valence-corrected chi connectivity index (χ2v) is 7.13. The third kappa shape index (κ3) is 6.31. The molecule has 3 N–H and O–H groups in total. The molecule has 3 rings (SSSR count). The molecule has 9 heteroatoms. The number of amides is 3. The first-order chi connectivity index (χ1) is 14.9. The molecule has 0 aliphatic rings. The second kappa shape index (κ2) is 10.3. The predicted molar refractivity (Wildman–Crippen MR) is 119 cm³/mol. The van der Waals surface area contributed by atoms with Crippen molar-refractivity contribution >= 4 is 51.2 Å². The third-order valence-electron chi connectivity index (χ3n) is 3.98. The Morgan fingerprint density at radius 2 is 1.52 bits per heavy atom. The van der Waals surface area contributed by atoms with Gasteiger partial charge in [-0.05, 0) is 54.1 Å². The minimum atomic E-state index is -1.03. The van der Waals surface area contributed by atoms with Crippen molar-refractivity contribution in [3.63, 3.8) is 0 Å². The SMILES string of the molecule is O=C(N/N=C/c1ccc(F)cc1)C(=O)Nc1ccccc1C(=O)Nc1ccc(Br)cc1. The average molecular weight is 483 g/mol. The smallest absolute Gasteiger partial charge is 0.322 e. The van der Waals surface area contributed by atoms with E-state index in [0.29, 0.717) is 11.3 Å². The van der Waals surface area contributed by atoms with E-state index in [9.17, 15) is 18.8 Å². The normalized spacial score (nSPS) is 10.5. The molecular formula is C22H16BrFN4O3. The van der Waals surface area contributed by atoms with E-state index in [2.05, 4.69) is 37.1 Å². The molecule has 0 aliphatic carbocycles. The predicted octanol–water partition coefficient (Wildman–Crippen LogP) is 3.93. The zero-order valence-electron chi connectivity index (χ0n) is 15.9. The number of hydrazone groups is 1. The Kier molecular flexibility index (Phi) is 7.23. The Labute approximate surface area is 185 Å². The van der Waals surface area contributed by atoms with Crippen LogP contribution in [0.4, 0.5) is 15.8 Å². The number of hydrogen-bond acceptors (Lipinski definition) is 4. The molecular weight excluding hydrogens is 467 g/mol. The Morgan fingerprint density at radius 3 is 2.23 bits per heavy atom. The van der Waals surface area contributed by atoms with Gasteiger partial charge in [-0.15, -0.1) is 0 Å². The van der Waals surface area contributed by atoms with Crippen molar-refractivity contribution in [1.29, 1.82) is 0 Å². The molecule has 0 fully saturated rings. The Morgan fingerprint density at radius 1 is 0.839 bits per heavy atom. The summed E-state index contributed by atoms with van der Waals surface area (Å²) in [7, 11) is 0. The maximum Gasteiger partial charge on any atom is 0.329 e. The highest BCUT2D eigenvalue weighted by molar-refractivity contribution is 9.10. The van der Waals surface area contributed by atoms with Gasteiger partial charge in [-0.1, -0.05) is 40.2 Å². The van der Waals surface area contributed by atoms with Crippen molar-refractivity contribution in [1.82, 2.24) is 5.43 Å². The lowest BCUT2D eigenvalue weighted by atomic mass is 10.1. The highest BCUT2D eigenvalue weighted by atomic mass is 79.9. The monoisotopic (exact) mass is 482 g/mol. The molecule has 0 aliphatic heterocycles. The number of benzene rings is 3. The topological polar surface area (TPSA) is 99.7 Å². The Bertz CT molecular complexity index is 1130. The molecule has 0 bridgehead atoms. The summed E-state index contributed by atoms with van der Waals surface area (Å²) in [6.45, 7) is 0. The van der Waals surface area contributed by atoms with Gasteiger partial charge in [-0.2, -0.15) is 5.10 Å². The van der Waals surface area contributed by atoms with Crippen LogP contribution in [0.3, 0.4) is 0 Å². The molecule has 0 heterocycles. The minimum absolute atomic E-state index is 0.166. The van der Waals surface area contributed by atoms with Gasteiger partial charge in [-0.25, -0.2) is 9.82 Å². The van der Waals surface area contributed by atoms with E-state index in [1.165, 1.54) is 42.6 Å². The zero-order chi connectivity index (χ0) is 22.2. The number of anilines is 2. The fourth-order valence-corrected chi connectivity index (χ4v) is 2.73. The number of carbonyl (C=O) groups excluding carboxylic acids is 3. The number of nitrogens with one attached hydrogen (secondary N) is 3. The molecule has 0 aromatic heterocycles. The minimum Gasteiger partial charge on any atom is -0.322 e. The van der Waals surface area contributed by atoms with Crippen LogP contribution in [-0.4, -0.2) is 23.9 Å². The number of rotatable bonds is 5. The van der Waals surface area contributed by atoms with Gasteiger partial charge in [0.25, 0.3) is 5.91 Å². The molecule has 3 amide bonds. The van der Waals surface area contributed by atoms with Crippen LogP contribution in [0.15, 0.2) is 82.4 Å². The van der Waals surface area contributed by atoms with E-state index in [1.54, 1.807) is 36.4 Å². The molecule has 0 unspecified atom stereocenters. The molecule has 7 nitrogen and oxygen atoms in total. The summed E-state index contributed by atoms with van der Waals surface area (Å²) in [4.78, 5) is 36.8.